The average Bonchev–Trinajstić information content (AvgIpc) is 2.42. The van der Waals surface area contributed by atoms with Crippen LogP contribution in [-0.4, -0.2) is 10.8 Å². The predicted octanol–water partition coefficient (Wildman–Crippen LogP) is 4.21. The lowest BCUT2D eigenvalue weighted by atomic mass is 10.2. The highest BCUT2D eigenvalue weighted by Crippen LogP contribution is 2.21. The number of hydrogen-bond donors (Lipinski definition) is 1. The van der Waals surface area contributed by atoms with E-state index in [1.165, 1.54) is 24.3 Å². The van der Waals surface area contributed by atoms with Gasteiger partial charge in [-0.15, -0.1) is 0 Å². The van der Waals surface area contributed by atoms with Crippen LogP contribution in [-0.2, 0) is 0 Å². The molecule has 0 saturated carbocycles. The maximum atomic E-state index is 12.1. The van der Waals surface area contributed by atoms with Gasteiger partial charge in [0.15, 0.2) is 0 Å². The largest absolute Gasteiger partial charge is 0.322 e. The van der Waals surface area contributed by atoms with Crippen molar-refractivity contribution in [1.82, 2.24) is 0 Å². The first-order valence-electron chi connectivity index (χ1n) is 5.48. The van der Waals surface area contributed by atoms with Gasteiger partial charge < -0.3 is 5.32 Å². The molecule has 0 aliphatic heterocycles. The van der Waals surface area contributed by atoms with Crippen molar-refractivity contribution in [3.05, 3.63) is 66.2 Å². The van der Waals surface area contributed by atoms with Gasteiger partial charge in [0.2, 0.25) is 0 Å². The van der Waals surface area contributed by atoms with E-state index in [4.69, 9.17) is 0 Å². The monoisotopic (exact) mass is 446 g/mol. The quantitative estimate of drug-likeness (QED) is 0.436. The van der Waals surface area contributed by atoms with Gasteiger partial charge >= 0.3 is 0 Å². The minimum absolute atomic E-state index is 0.0139. The fourth-order valence-electron chi connectivity index (χ4n) is 1.54. The molecule has 0 saturated heterocycles. The Labute approximate surface area is 136 Å². The summed E-state index contributed by atoms with van der Waals surface area (Å²) in [4.78, 5) is 22.2. The summed E-state index contributed by atoms with van der Waals surface area (Å²) >= 11 is 5.40. The van der Waals surface area contributed by atoms with Crippen LogP contribution in [0.5, 0.6) is 0 Å². The second-order valence-electron chi connectivity index (χ2n) is 3.88. The first kappa shape index (κ1) is 14.9. The molecule has 0 spiro atoms. The van der Waals surface area contributed by atoms with Gasteiger partial charge in [0.25, 0.3) is 11.6 Å². The highest BCUT2D eigenvalue weighted by atomic mass is 127. The molecule has 2 aromatic carbocycles. The van der Waals surface area contributed by atoms with E-state index in [0.29, 0.717) is 11.3 Å². The molecule has 0 heterocycles. The number of nitro benzene ring substituents is 1. The van der Waals surface area contributed by atoms with Gasteiger partial charge in [0.05, 0.1) is 10.5 Å². The Bertz CT molecular complexity index is 674. The SMILES string of the molecule is O=C(Nc1ccc([N+](=O)[O-])cc1)c1cc(Br)ccc1I. The number of nitro groups is 1. The van der Waals surface area contributed by atoms with Crippen molar-refractivity contribution >= 4 is 55.8 Å². The zero-order valence-electron chi connectivity index (χ0n) is 9.97. The normalized spacial score (nSPS) is 10.1. The van der Waals surface area contributed by atoms with Crippen LogP contribution in [0.25, 0.3) is 0 Å². The van der Waals surface area contributed by atoms with E-state index in [0.717, 1.165) is 8.04 Å². The van der Waals surface area contributed by atoms with E-state index < -0.39 is 4.92 Å². The van der Waals surface area contributed by atoms with Crippen LogP contribution in [0.2, 0.25) is 0 Å². The van der Waals surface area contributed by atoms with Crippen molar-refractivity contribution in [3.8, 4) is 0 Å². The maximum Gasteiger partial charge on any atom is 0.269 e. The third-order valence-electron chi connectivity index (χ3n) is 2.51. The molecule has 1 N–H and O–H groups in total. The lowest BCUT2D eigenvalue weighted by molar-refractivity contribution is -0.384. The minimum atomic E-state index is -0.483. The Morgan fingerprint density at radius 3 is 2.45 bits per heavy atom. The number of anilines is 1. The average molecular weight is 447 g/mol. The van der Waals surface area contributed by atoms with Gasteiger partial charge in [-0.3, -0.25) is 14.9 Å². The number of carbonyl (C=O) groups is 1. The molecule has 0 unspecified atom stereocenters. The lowest BCUT2D eigenvalue weighted by Gasteiger charge is -2.07. The number of rotatable bonds is 3. The highest BCUT2D eigenvalue weighted by Gasteiger charge is 2.11. The molecule has 2 rings (SSSR count). The number of halogens is 2. The molecule has 0 bridgehead atoms. The summed E-state index contributed by atoms with van der Waals surface area (Å²) in [7, 11) is 0. The molecule has 20 heavy (non-hydrogen) atoms. The smallest absolute Gasteiger partial charge is 0.269 e. The van der Waals surface area contributed by atoms with Gasteiger partial charge in [0, 0.05) is 25.9 Å². The van der Waals surface area contributed by atoms with Crippen LogP contribution < -0.4 is 5.32 Å². The van der Waals surface area contributed by atoms with Crippen molar-refractivity contribution in [3.63, 3.8) is 0 Å². The number of amides is 1. The summed E-state index contributed by atoms with van der Waals surface area (Å²) in [5, 5.41) is 13.3. The van der Waals surface area contributed by atoms with E-state index in [2.05, 4.69) is 43.8 Å². The van der Waals surface area contributed by atoms with Crippen molar-refractivity contribution in [2.75, 3.05) is 5.32 Å². The zero-order valence-corrected chi connectivity index (χ0v) is 13.7. The molecule has 0 radical (unpaired) electrons. The third kappa shape index (κ3) is 3.54. The molecular weight excluding hydrogens is 439 g/mol. The van der Waals surface area contributed by atoms with Gasteiger partial charge in [-0.2, -0.15) is 0 Å². The topological polar surface area (TPSA) is 72.2 Å². The van der Waals surface area contributed by atoms with Gasteiger partial charge in [-0.1, -0.05) is 15.9 Å². The molecule has 0 fully saturated rings. The van der Waals surface area contributed by atoms with Crippen LogP contribution in [0, 0.1) is 13.7 Å². The molecule has 0 aromatic heterocycles. The minimum Gasteiger partial charge on any atom is -0.322 e. The number of nitrogens with one attached hydrogen (secondary N) is 1. The highest BCUT2D eigenvalue weighted by molar-refractivity contribution is 14.1. The van der Waals surface area contributed by atoms with E-state index in [1.807, 2.05) is 12.1 Å². The first-order chi connectivity index (χ1) is 9.47. The predicted molar refractivity (Wildman–Crippen MR) is 87.9 cm³/mol. The molecule has 1 amide bonds. The van der Waals surface area contributed by atoms with Crippen LogP contribution in [0.15, 0.2) is 46.9 Å². The van der Waals surface area contributed by atoms with Crippen molar-refractivity contribution in [2.24, 2.45) is 0 Å². The van der Waals surface area contributed by atoms with Crippen LogP contribution >= 0.6 is 38.5 Å². The maximum absolute atomic E-state index is 12.1. The molecular formula is C13H8BrIN2O3. The molecule has 5 nitrogen and oxygen atoms in total. The van der Waals surface area contributed by atoms with Crippen molar-refractivity contribution < 1.29 is 9.72 Å². The Kier molecular flexibility index (Phi) is 4.71. The van der Waals surface area contributed by atoms with E-state index in [9.17, 15) is 14.9 Å². The first-order valence-corrected chi connectivity index (χ1v) is 7.35. The summed E-state index contributed by atoms with van der Waals surface area (Å²) < 4.78 is 1.64. The van der Waals surface area contributed by atoms with Crippen molar-refractivity contribution in [1.29, 1.82) is 0 Å². The molecule has 0 aliphatic rings. The fraction of sp³-hybridized carbons (Fsp3) is 0. The fourth-order valence-corrected chi connectivity index (χ4v) is 2.48. The van der Waals surface area contributed by atoms with Gasteiger partial charge in [-0.25, -0.2) is 0 Å². The van der Waals surface area contributed by atoms with Gasteiger partial charge in [0.1, 0.15) is 0 Å². The summed E-state index contributed by atoms with van der Waals surface area (Å²) in [5.74, 6) is -0.260. The van der Waals surface area contributed by atoms with Crippen LogP contribution in [0.4, 0.5) is 11.4 Å². The Balaban J connectivity index is 2.19. The Hall–Kier alpha value is -1.48. The zero-order chi connectivity index (χ0) is 14.7. The molecule has 7 heteroatoms. The number of benzene rings is 2. The second kappa shape index (κ2) is 6.31. The van der Waals surface area contributed by atoms with Crippen LogP contribution in [0.1, 0.15) is 10.4 Å². The third-order valence-corrected chi connectivity index (χ3v) is 3.94. The Morgan fingerprint density at radius 1 is 1.20 bits per heavy atom. The number of non-ortho nitro benzene ring substituents is 1. The van der Waals surface area contributed by atoms with Crippen molar-refractivity contribution in [2.45, 2.75) is 0 Å². The Morgan fingerprint density at radius 2 is 1.85 bits per heavy atom. The van der Waals surface area contributed by atoms with Crippen LogP contribution in [0.3, 0.4) is 0 Å². The summed E-state index contributed by atoms with van der Waals surface area (Å²) in [6.07, 6.45) is 0. The molecule has 102 valence electrons. The van der Waals surface area contributed by atoms with E-state index in [-0.39, 0.29) is 11.6 Å². The summed E-state index contributed by atoms with van der Waals surface area (Å²) in [6.45, 7) is 0. The van der Waals surface area contributed by atoms with E-state index >= 15 is 0 Å². The standard InChI is InChI=1S/C13H8BrIN2O3/c14-8-1-6-12(15)11(7-8)13(18)16-9-2-4-10(5-3-9)17(19)20/h1-7H,(H,16,18). The van der Waals surface area contributed by atoms with Gasteiger partial charge in [-0.05, 0) is 52.9 Å². The molecule has 0 atom stereocenters. The number of hydrogen-bond acceptors (Lipinski definition) is 3. The summed E-state index contributed by atoms with van der Waals surface area (Å²) in [5.41, 5.74) is 1.04. The molecule has 0 aliphatic carbocycles. The number of nitrogens with zero attached hydrogens (tertiary/aromatic N) is 1. The molecule has 2 aromatic rings. The lowest BCUT2D eigenvalue weighted by Crippen LogP contribution is -2.13. The second-order valence-corrected chi connectivity index (χ2v) is 5.96. The summed E-state index contributed by atoms with van der Waals surface area (Å²) in [6, 6.07) is 11.1. The number of carbonyl (C=O) groups excluding carboxylic acids is 1. The van der Waals surface area contributed by atoms with E-state index in [1.54, 1.807) is 6.07 Å².